The molecule has 0 N–H and O–H groups in total. The van der Waals surface area contributed by atoms with E-state index >= 15 is 0 Å². The van der Waals surface area contributed by atoms with E-state index in [-0.39, 0.29) is 16.8 Å². The highest BCUT2D eigenvalue weighted by Crippen LogP contribution is 2.35. The number of fused-ring (bicyclic) bond motifs is 4. The van der Waals surface area contributed by atoms with E-state index in [0.717, 1.165) is 36.3 Å². The summed E-state index contributed by atoms with van der Waals surface area (Å²) in [7, 11) is 3.18. The Balaban J connectivity index is 1.66. The molecular weight excluding hydrogens is 400 g/mol. The number of nitrogens with zero attached hydrogens (tertiary/aromatic N) is 4. The molecule has 0 amide bonds. The van der Waals surface area contributed by atoms with Crippen LogP contribution in [0.25, 0.3) is 0 Å². The Morgan fingerprint density at radius 1 is 1.08 bits per heavy atom. The van der Waals surface area contributed by atoms with Crippen LogP contribution in [-0.4, -0.2) is 31.7 Å². The summed E-state index contributed by atoms with van der Waals surface area (Å²) >= 11 is 3.37. The molecule has 4 rings (SSSR count). The standard InChI is InChI=1S/C18H21BrN4O3/c1-20-14(16(19)17(25)21(2)18(20)26)10-22-7-11-6-12(9-22)13-4-3-5-15(24)23(13)8-11/h3-5,11-12H,6-10H2,1-2H3/t11-,12+/m1/s1. The van der Waals surface area contributed by atoms with E-state index < -0.39 is 0 Å². The summed E-state index contributed by atoms with van der Waals surface area (Å²) in [5, 5.41) is 0. The average molecular weight is 421 g/mol. The van der Waals surface area contributed by atoms with Gasteiger partial charge in [0.2, 0.25) is 0 Å². The van der Waals surface area contributed by atoms with E-state index in [1.54, 1.807) is 13.1 Å². The van der Waals surface area contributed by atoms with Crippen LogP contribution in [0.5, 0.6) is 0 Å². The minimum atomic E-state index is -0.317. The van der Waals surface area contributed by atoms with E-state index in [1.807, 2.05) is 16.7 Å². The second kappa shape index (κ2) is 6.35. The number of hydrogen-bond donors (Lipinski definition) is 0. The lowest BCUT2D eigenvalue weighted by molar-refractivity contribution is 0.111. The van der Waals surface area contributed by atoms with Gasteiger partial charge < -0.3 is 4.57 Å². The predicted octanol–water partition coefficient (Wildman–Crippen LogP) is 0.627. The summed E-state index contributed by atoms with van der Waals surface area (Å²) < 4.78 is 4.99. The van der Waals surface area contributed by atoms with Crippen LogP contribution in [0.3, 0.4) is 0 Å². The highest BCUT2D eigenvalue weighted by atomic mass is 79.9. The Kier molecular flexibility index (Phi) is 4.27. The van der Waals surface area contributed by atoms with Gasteiger partial charge in [0, 0.05) is 58.0 Å². The molecule has 0 radical (unpaired) electrons. The Bertz CT molecular complexity index is 1010. The molecule has 0 saturated carbocycles. The highest BCUT2D eigenvalue weighted by molar-refractivity contribution is 9.10. The summed E-state index contributed by atoms with van der Waals surface area (Å²) in [4.78, 5) is 38.9. The molecule has 26 heavy (non-hydrogen) atoms. The fraction of sp³-hybridized carbons (Fsp3) is 0.500. The van der Waals surface area contributed by atoms with Crippen molar-refractivity contribution in [2.75, 3.05) is 13.1 Å². The SMILES string of the molecule is Cn1c(CN2C[C@H]3C[C@@H](C2)c2cccc(=O)n2C3)c(Br)c(=O)n(C)c1=O. The Morgan fingerprint density at radius 3 is 2.62 bits per heavy atom. The van der Waals surface area contributed by atoms with Crippen LogP contribution in [0.15, 0.2) is 37.1 Å². The Labute approximate surface area is 158 Å². The van der Waals surface area contributed by atoms with Crippen LogP contribution in [0, 0.1) is 5.92 Å². The molecular formula is C18H21BrN4O3. The topological polar surface area (TPSA) is 69.2 Å². The first kappa shape index (κ1) is 17.5. The molecule has 2 atom stereocenters. The number of rotatable bonds is 2. The van der Waals surface area contributed by atoms with Crippen molar-refractivity contribution in [2.45, 2.75) is 25.4 Å². The van der Waals surface area contributed by atoms with Crippen molar-refractivity contribution >= 4 is 15.9 Å². The molecule has 0 spiro atoms. The van der Waals surface area contributed by atoms with Gasteiger partial charge in [0.15, 0.2) is 0 Å². The zero-order chi connectivity index (χ0) is 18.6. The van der Waals surface area contributed by atoms with Crippen molar-refractivity contribution < 1.29 is 0 Å². The minimum absolute atomic E-state index is 0.0716. The van der Waals surface area contributed by atoms with Gasteiger partial charge in [-0.05, 0) is 34.3 Å². The maximum Gasteiger partial charge on any atom is 0.330 e. The van der Waals surface area contributed by atoms with Gasteiger partial charge in [-0.2, -0.15) is 0 Å². The number of hydrogen-bond acceptors (Lipinski definition) is 4. The predicted molar refractivity (Wildman–Crippen MR) is 101 cm³/mol. The molecule has 2 bridgehead atoms. The largest absolute Gasteiger partial charge is 0.330 e. The number of piperidine rings is 1. The van der Waals surface area contributed by atoms with Crippen molar-refractivity contribution in [2.24, 2.45) is 20.0 Å². The number of pyridine rings is 1. The van der Waals surface area contributed by atoms with Crippen LogP contribution in [-0.2, 0) is 27.2 Å². The van der Waals surface area contributed by atoms with E-state index in [2.05, 4.69) is 20.8 Å². The summed E-state index contributed by atoms with van der Waals surface area (Å²) in [6.07, 6.45) is 1.08. The van der Waals surface area contributed by atoms with E-state index in [0.29, 0.717) is 28.5 Å². The van der Waals surface area contributed by atoms with Crippen molar-refractivity contribution in [3.8, 4) is 0 Å². The lowest BCUT2D eigenvalue weighted by atomic mass is 9.83. The zero-order valence-electron chi connectivity index (χ0n) is 14.8. The van der Waals surface area contributed by atoms with E-state index in [9.17, 15) is 14.4 Å². The maximum absolute atomic E-state index is 12.2. The first-order valence-corrected chi connectivity index (χ1v) is 9.52. The maximum atomic E-state index is 12.2. The zero-order valence-corrected chi connectivity index (χ0v) is 16.4. The van der Waals surface area contributed by atoms with E-state index in [1.165, 1.54) is 11.6 Å². The highest BCUT2D eigenvalue weighted by Gasteiger charge is 2.34. The Morgan fingerprint density at radius 2 is 1.85 bits per heavy atom. The van der Waals surface area contributed by atoms with Crippen molar-refractivity contribution in [1.82, 2.24) is 18.6 Å². The first-order chi connectivity index (χ1) is 12.4. The monoisotopic (exact) mass is 420 g/mol. The number of halogens is 1. The second-order valence-electron chi connectivity index (χ2n) is 7.36. The van der Waals surface area contributed by atoms with E-state index in [4.69, 9.17) is 0 Å². The van der Waals surface area contributed by atoms with Gasteiger partial charge >= 0.3 is 5.69 Å². The molecule has 0 aliphatic carbocycles. The molecule has 1 saturated heterocycles. The minimum Gasteiger partial charge on any atom is -0.312 e. The molecule has 2 aliphatic heterocycles. The van der Waals surface area contributed by atoms with Crippen LogP contribution in [0.1, 0.15) is 23.7 Å². The third-order valence-corrected chi connectivity index (χ3v) is 6.45. The van der Waals surface area contributed by atoms with Gasteiger partial charge in [-0.1, -0.05) is 6.07 Å². The average Bonchev–Trinajstić information content (AvgIpc) is 2.63. The number of likely N-dealkylation sites (tertiary alicyclic amines) is 1. The van der Waals surface area contributed by atoms with Crippen molar-refractivity contribution in [1.29, 1.82) is 0 Å². The lowest BCUT2D eigenvalue weighted by Crippen LogP contribution is -2.48. The van der Waals surface area contributed by atoms with Crippen LogP contribution in [0.4, 0.5) is 0 Å². The summed E-state index contributed by atoms with van der Waals surface area (Å²) in [6, 6.07) is 5.49. The fourth-order valence-electron chi connectivity index (χ4n) is 4.36. The van der Waals surface area contributed by atoms with Crippen molar-refractivity contribution in [3.05, 3.63) is 65.3 Å². The van der Waals surface area contributed by atoms with Crippen LogP contribution < -0.4 is 16.8 Å². The van der Waals surface area contributed by atoms with Gasteiger partial charge in [0.05, 0.1) is 5.69 Å². The van der Waals surface area contributed by atoms with Gasteiger partial charge in [-0.3, -0.25) is 23.6 Å². The smallest absolute Gasteiger partial charge is 0.312 e. The quantitative estimate of drug-likeness (QED) is 0.714. The number of aromatic nitrogens is 3. The second-order valence-corrected chi connectivity index (χ2v) is 8.15. The molecule has 7 nitrogen and oxygen atoms in total. The molecule has 2 aliphatic rings. The molecule has 0 unspecified atom stereocenters. The molecule has 2 aromatic heterocycles. The van der Waals surface area contributed by atoms with Gasteiger partial charge in [0.25, 0.3) is 11.1 Å². The molecule has 4 heterocycles. The summed E-state index contributed by atoms with van der Waals surface area (Å²) in [6.45, 7) is 2.94. The summed E-state index contributed by atoms with van der Waals surface area (Å²) in [5.74, 6) is 0.711. The third-order valence-electron chi connectivity index (χ3n) is 5.65. The van der Waals surface area contributed by atoms with Gasteiger partial charge in [0.1, 0.15) is 4.47 Å². The molecule has 8 heteroatoms. The molecule has 2 aromatic rings. The van der Waals surface area contributed by atoms with Crippen LogP contribution in [0.2, 0.25) is 0 Å². The molecule has 0 aromatic carbocycles. The summed E-state index contributed by atoms with van der Waals surface area (Å²) in [5.41, 5.74) is 1.24. The molecule has 1 fully saturated rings. The van der Waals surface area contributed by atoms with Crippen molar-refractivity contribution in [3.63, 3.8) is 0 Å². The fourth-order valence-corrected chi connectivity index (χ4v) is 5.01. The normalized spacial score (nSPS) is 22.3. The Hall–Kier alpha value is -1.93. The van der Waals surface area contributed by atoms with Gasteiger partial charge in [-0.15, -0.1) is 0 Å². The first-order valence-electron chi connectivity index (χ1n) is 8.73. The lowest BCUT2D eigenvalue weighted by Gasteiger charge is -2.43. The van der Waals surface area contributed by atoms with Crippen LogP contribution >= 0.6 is 15.9 Å². The van der Waals surface area contributed by atoms with Gasteiger partial charge in [-0.25, -0.2) is 4.79 Å². The third kappa shape index (κ3) is 2.72. The molecule has 138 valence electrons.